The lowest BCUT2D eigenvalue weighted by atomic mass is 10.1. The molecule has 0 aliphatic carbocycles. The summed E-state index contributed by atoms with van der Waals surface area (Å²) in [6.07, 6.45) is 5.16. The summed E-state index contributed by atoms with van der Waals surface area (Å²) in [5, 5.41) is 2.83. The molecule has 0 bridgehead atoms. The highest BCUT2D eigenvalue weighted by Crippen LogP contribution is 2.19. The number of carbonyl (C=O) groups is 1. The number of benzene rings is 1. The fraction of sp³-hybridized carbons (Fsp3) is 0.375. The van der Waals surface area contributed by atoms with E-state index in [1.165, 1.54) is 17.8 Å². The van der Waals surface area contributed by atoms with Crippen molar-refractivity contribution < 1.29 is 14.3 Å². The van der Waals surface area contributed by atoms with Crippen molar-refractivity contribution in [2.75, 3.05) is 18.5 Å². The number of rotatable bonds is 5. The molecule has 0 radical (unpaired) electrons. The average molecular weight is 318 g/mol. The van der Waals surface area contributed by atoms with E-state index in [0.717, 1.165) is 30.9 Å². The van der Waals surface area contributed by atoms with Gasteiger partial charge in [0, 0.05) is 12.3 Å². The van der Waals surface area contributed by atoms with Gasteiger partial charge in [0.1, 0.15) is 17.2 Å². The minimum Gasteiger partial charge on any atom is -0.491 e. The Labute approximate surface area is 133 Å². The Morgan fingerprint density at radius 3 is 2.91 bits per heavy atom. The molecule has 2 aromatic rings. The van der Waals surface area contributed by atoms with Crippen molar-refractivity contribution >= 4 is 22.9 Å². The summed E-state index contributed by atoms with van der Waals surface area (Å²) in [7, 11) is 0. The quantitative estimate of drug-likeness (QED) is 0.918. The van der Waals surface area contributed by atoms with Crippen LogP contribution in [-0.2, 0) is 4.74 Å². The third-order valence-corrected chi connectivity index (χ3v) is 4.25. The molecule has 116 valence electrons. The monoisotopic (exact) mass is 318 g/mol. The smallest absolute Gasteiger partial charge is 0.267 e. The summed E-state index contributed by atoms with van der Waals surface area (Å²) < 4.78 is 11.4. The van der Waals surface area contributed by atoms with Crippen LogP contribution in [0.25, 0.3) is 0 Å². The Morgan fingerprint density at radius 1 is 1.36 bits per heavy atom. The third kappa shape index (κ3) is 4.05. The van der Waals surface area contributed by atoms with Gasteiger partial charge in [-0.1, -0.05) is 0 Å². The van der Waals surface area contributed by atoms with Crippen molar-refractivity contribution in [2.45, 2.75) is 25.4 Å². The number of thiazole rings is 1. The largest absolute Gasteiger partial charge is 0.491 e. The highest BCUT2D eigenvalue weighted by molar-refractivity contribution is 7.11. The molecular weight excluding hydrogens is 300 g/mol. The topological polar surface area (TPSA) is 60.5 Å². The number of carbonyl (C=O) groups excluding carboxylic acids is 1. The molecule has 1 atom stereocenters. The molecule has 1 aliphatic rings. The summed E-state index contributed by atoms with van der Waals surface area (Å²) >= 11 is 1.32. The van der Waals surface area contributed by atoms with Gasteiger partial charge in [0.25, 0.3) is 5.91 Å². The second-order valence-corrected chi connectivity index (χ2v) is 6.03. The number of aromatic nitrogens is 1. The first-order chi connectivity index (χ1) is 10.8. The lowest BCUT2D eigenvalue weighted by Gasteiger charge is -2.22. The number of anilines is 1. The Bertz CT molecular complexity index is 592. The fourth-order valence-corrected chi connectivity index (χ4v) is 2.80. The van der Waals surface area contributed by atoms with Crippen LogP contribution in [0.3, 0.4) is 0 Å². The van der Waals surface area contributed by atoms with Crippen molar-refractivity contribution in [2.24, 2.45) is 0 Å². The first-order valence-electron chi connectivity index (χ1n) is 7.35. The van der Waals surface area contributed by atoms with Crippen LogP contribution in [0.5, 0.6) is 5.75 Å². The normalized spacial score (nSPS) is 17.9. The standard InChI is InChI=1S/C16H18N2O3S/c19-16(15-9-17-11-22-15)18-12-4-6-13(7-5-12)21-10-14-3-1-2-8-20-14/h4-7,9,11,14H,1-3,8,10H2,(H,18,19). The molecule has 1 aromatic heterocycles. The number of hydrogen-bond acceptors (Lipinski definition) is 5. The summed E-state index contributed by atoms with van der Waals surface area (Å²) in [5.41, 5.74) is 2.37. The number of nitrogens with zero attached hydrogens (tertiary/aromatic N) is 1. The Balaban J connectivity index is 1.50. The Morgan fingerprint density at radius 2 is 2.23 bits per heavy atom. The zero-order valence-corrected chi connectivity index (χ0v) is 13.0. The van der Waals surface area contributed by atoms with Gasteiger partial charge in [-0.3, -0.25) is 9.78 Å². The molecule has 22 heavy (non-hydrogen) atoms. The maximum Gasteiger partial charge on any atom is 0.267 e. The Kier molecular flexibility index (Phi) is 5.03. The molecule has 2 heterocycles. The second kappa shape index (κ2) is 7.38. The molecule has 6 heteroatoms. The molecule has 1 fully saturated rings. The van der Waals surface area contributed by atoms with Crippen molar-refractivity contribution in [1.29, 1.82) is 0 Å². The van der Waals surface area contributed by atoms with E-state index in [2.05, 4.69) is 10.3 Å². The van der Waals surface area contributed by atoms with Crippen LogP contribution in [0.4, 0.5) is 5.69 Å². The van der Waals surface area contributed by atoms with E-state index >= 15 is 0 Å². The molecule has 0 spiro atoms. The van der Waals surface area contributed by atoms with Crippen molar-refractivity contribution in [1.82, 2.24) is 4.98 Å². The molecule has 1 unspecified atom stereocenters. The molecule has 1 aliphatic heterocycles. The van der Waals surface area contributed by atoms with Crippen LogP contribution in [0.15, 0.2) is 36.0 Å². The Hall–Kier alpha value is -1.92. The van der Waals surface area contributed by atoms with Gasteiger partial charge in [-0.2, -0.15) is 0 Å². The van der Waals surface area contributed by atoms with Gasteiger partial charge in [-0.05, 0) is 43.5 Å². The van der Waals surface area contributed by atoms with Gasteiger partial charge in [0.2, 0.25) is 0 Å². The molecule has 1 aromatic carbocycles. The van der Waals surface area contributed by atoms with Crippen LogP contribution in [0, 0.1) is 0 Å². The van der Waals surface area contributed by atoms with Crippen molar-refractivity contribution in [3.05, 3.63) is 40.8 Å². The molecule has 1 saturated heterocycles. The molecule has 1 N–H and O–H groups in total. The average Bonchev–Trinajstić information content (AvgIpc) is 3.10. The van der Waals surface area contributed by atoms with E-state index in [4.69, 9.17) is 9.47 Å². The molecule has 3 rings (SSSR count). The summed E-state index contributed by atoms with van der Waals surface area (Å²) in [4.78, 5) is 16.4. The maximum atomic E-state index is 11.9. The SMILES string of the molecule is O=C(Nc1ccc(OCC2CCCCO2)cc1)c1cncs1. The first kappa shape index (κ1) is 15.0. The van der Waals surface area contributed by atoms with Crippen molar-refractivity contribution in [3.63, 3.8) is 0 Å². The molecule has 5 nitrogen and oxygen atoms in total. The van der Waals surface area contributed by atoms with E-state index in [1.807, 2.05) is 24.3 Å². The molecular formula is C16H18N2O3S. The summed E-state index contributed by atoms with van der Waals surface area (Å²) in [6.45, 7) is 1.41. The number of ether oxygens (including phenoxy) is 2. The summed E-state index contributed by atoms with van der Waals surface area (Å²) in [5.74, 6) is 0.636. The highest BCUT2D eigenvalue weighted by atomic mass is 32.1. The second-order valence-electron chi connectivity index (χ2n) is 5.14. The van der Waals surface area contributed by atoms with E-state index < -0.39 is 0 Å². The van der Waals surface area contributed by atoms with Crippen LogP contribution in [0.1, 0.15) is 28.9 Å². The molecule has 1 amide bonds. The lowest BCUT2D eigenvalue weighted by Crippen LogP contribution is -2.25. The number of nitrogens with one attached hydrogen (secondary N) is 1. The minimum absolute atomic E-state index is 0.147. The predicted octanol–water partition coefficient (Wildman–Crippen LogP) is 3.34. The van der Waals surface area contributed by atoms with E-state index in [9.17, 15) is 4.79 Å². The zero-order valence-electron chi connectivity index (χ0n) is 12.2. The van der Waals surface area contributed by atoms with Crippen LogP contribution in [-0.4, -0.2) is 30.2 Å². The molecule has 0 saturated carbocycles. The first-order valence-corrected chi connectivity index (χ1v) is 8.23. The van der Waals surface area contributed by atoms with Crippen molar-refractivity contribution in [3.8, 4) is 5.75 Å². The van der Waals surface area contributed by atoms with Gasteiger partial charge in [0.15, 0.2) is 0 Å². The number of amides is 1. The number of hydrogen-bond donors (Lipinski definition) is 1. The predicted molar refractivity (Wildman–Crippen MR) is 85.6 cm³/mol. The fourth-order valence-electron chi connectivity index (χ4n) is 2.28. The van der Waals surface area contributed by atoms with Gasteiger partial charge in [-0.15, -0.1) is 11.3 Å². The van der Waals surface area contributed by atoms with Crippen LogP contribution >= 0.6 is 11.3 Å². The van der Waals surface area contributed by atoms with Gasteiger partial charge in [0.05, 0.1) is 17.8 Å². The zero-order chi connectivity index (χ0) is 15.2. The van der Waals surface area contributed by atoms with Gasteiger partial charge < -0.3 is 14.8 Å². The summed E-state index contributed by atoms with van der Waals surface area (Å²) in [6, 6.07) is 7.36. The van der Waals surface area contributed by atoms with E-state index in [0.29, 0.717) is 11.5 Å². The van der Waals surface area contributed by atoms with Crippen LogP contribution < -0.4 is 10.1 Å². The highest BCUT2D eigenvalue weighted by Gasteiger charge is 2.14. The van der Waals surface area contributed by atoms with Gasteiger partial charge >= 0.3 is 0 Å². The van der Waals surface area contributed by atoms with E-state index in [1.54, 1.807) is 11.7 Å². The lowest BCUT2D eigenvalue weighted by molar-refractivity contribution is -0.0110. The van der Waals surface area contributed by atoms with Gasteiger partial charge in [-0.25, -0.2) is 0 Å². The maximum absolute atomic E-state index is 11.9. The van der Waals surface area contributed by atoms with E-state index in [-0.39, 0.29) is 12.0 Å². The minimum atomic E-state index is -0.147. The van der Waals surface area contributed by atoms with Crippen LogP contribution in [0.2, 0.25) is 0 Å². The third-order valence-electron chi connectivity index (χ3n) is 3.48.